The molecule has 25 heavy (non-hydrogen) atoms. The second kappa shape index (κ2) is 7.81. The van der Waals surface area contributed by atoms with E-state index < -0.39 is 0 Å². The van der Waals surface area contributed by atoms with Gasteiger partial charge in [0.15, 0.2) is 0 Å². The molecule has 1 saturated heterocycles. The molecule has 3 rings (SSSR count). The highest BCUT2D eigenvalue weighted by Gasteiger charge is 2.11. The van der Waals surface area contributed by atoms with Gasteiger partial charge in [0.05, 0.1) is 18.9 Å². The summed E-state index contributed by atoms with van der Waals surface area (Å²) in [6.07, 6.45) is 1.36. The van der Waals surface area contributed by atoms with Crippen molar-refractivity contribution < 1.29 is 14.2 Å². The Kier molecular flexibility index (Phi) is 5.30. The Balaban J connectivity index is 1.77. The Hall–Kier alpha value is -2.86. The minimum Gasteiger partial charge on any atom is -0.507 e. The molecule has 1 heterocycles. The molecule has 0 unspecified atom stereocenters. The molecule has 3 N–H and O–H groups in total. The molecule has 130 valence electrons. The lowest BCUT2D eigenvalue weighted by atomic mass is 10.2. The predicted octanol–water partition coefficient (Wildman–Crippen LogP) is 3.25. The molecular formula is C19H20FN3O2. The van der Waals surface area contributed by atoms with Gasteiger partial charge in [0, 0.05) is 30.4 Å². The SMILES string of the molecule is NC(/C=C(\O)c1ccc(F)cc1)=Nc1cccc(N2CCOCC2)c1. The normalized spacial score (nSPS) is 16.1. The number of ether oxygens (including phenoxy) is 1. The summed E-state index contributed by atoms with van der Waals surface area (Å²) in [6.45, 7) is 3.11. The Morgan fingerprint density at radius 2 is 1.88 bits per heavy atom. The van der Waals surface area contributed by atoms with Gasteiger partial charge < -0.3 is 20.5 Å². The molecule has 5 nitrogen and oxygen atoms in total. The van der Waals surface area contributed by atoms with E-state index in [9.17, 15) is 9.50 Å². The molecule has 0 bridgehead atoms. The molecule has 1 aliphatic heterocycles. The third kappa shape index (κ3) is 4.58. The zero-order valence-corrected chi connectivity index (χ0v) is 13.7. The van der Waals surface area contributed by atoms with Crippen LogP contribution in [0.2, 0.25) is 0 Å². The number of nitrogens with zero attached hydrogens (tertiary/aromatic N) is 2. The van der Waals surface area contributed by atoms with Crippen molar-refractivity contribution in [2.75, 3.05) is 31.2 Å². The summed E-state index contributed by atoms with van der Waals surface area (Å²) in [4.78, 5) is 6.55. The Bertz CT molecular complexity index is 782. The number of amidine groups is 1. The van der Waals surface area contributed by atoms with Crippen LogP contribution in [0.1, 0.15) is 5.56 Å². The number of rotatable bonds is 4. The number of nitrogens with two attached hydrogens (primary N) is 1. The Morgan fingerprint density at radius 3 is 2.60 bits per heavy atom. The number of hydrogen-bond donors (Lipinski definition) is 2. The van der Waals surface area contributed by atoms with E-state index in [0.29, 0.717) is 24.5 Å². The van der Waals surface area contributed by atoms with Gasteiger partial charge in [0.2, 0.25) is 0 Å². The minimum absolute atomic E-state index is 0.0643. The largest absolute Gasteiger partial charge is 0.507 e. The van der Waals surface area contributed by atoms with Gasteiger partial charge in [-0.1, -0.05) is 6.07 Å². The van der Waals surface area contributed by atoms with Crippen LogP contribution < -0.4 is 10.6 Å². The fourth-order valence-corrected chi connectivity index (χ4v) is 2.61. The summed E-state index contributed by atoms with van der Waals surface area (Å²) in [5.74, 6) is -0.260. The third-order valence-electron chi connectivity index (χ3n) is 3.89. The highest BCUT2D eigenvalue weighted by molar-refractivity contribution is 5.98. The van der Waals surface area contributed by atoms with Crippen LogP contribution >= 0.6 is 0 Å². The van der Waals surface area contributed by atoms with Crippen LogP contribution in [0.4, 0.5) is 15.8 Å². The number of halogens is 1. The molecule has 0 spiro atoms. The van der Waals surface area contributed by atoms with Gasteiger partial charge in [-0.15, -0.1) is 0 Å². The summed E-state index contributed by atoms with van der Waals surface area (Å²) < 4.78 is 18.3. The van der Waals surface area contributed by atoms with E-state index in [1.165, 1.54) is 30.3 Å². The first kappa shape index (κ1) is 17.0. The number of aliphatic hydroxyl groups excluding tert-OH is 1. The first-order valence-electron chi connectivity index (χ1n) is 8.05. The van der Waals surface area contributed by atoms with E-state index in [2.05, 4.69) is 9.89 Å². The number of aliphatic hydroxyl groups is 1. The molecule has 2 aromatic rings. The Morgan fingerprint density at radius 1 is 1.16 bits per heavy atom. The summed E-state index contributed by atoms with van der Waals surface area (Å²) in [6, 6.07) is 13.2. The predicted molar refractivity (Wildman–Crippen MR) is 97.8 cm³/mol. The van der Waals surface area contributed by atoms with Crippen molar-refractivity contribution in [3.05, 3.63) is 66.0 Å². The fourth-order valence-electron chi connectivity index (χ4n) is 2.61. The number of hydrogen-bond acceptors (Lipinski definition) is 4. The van der Waals surface area contributed by atoms with Crippen LogP contribution in [0.25, 0.3) is 5.76 Å². The van der Waals surface area contributed by atoms with Crippen molar-refractivity contribution in [1.82, 2.24) is 0 Å². The Labute approximate surface area is 145 Å². The van der Waals surface area contributed by atoms with Crippen LogP contribution in [0, 0.1) is 5.82 Å². The highest BCUT2D eigenvalue weighted by Crippen LogP contribution is 2.22. The molecule has 2 aromatic carbocycles. The van der Waals surface area contributed by atoms with E-state index >= 15 is 0 Å². The quantitative estimate of drug-likeness (QED) is 0.509. The second-order valence-electron chi connectivity index (χ2n) is 5.69. The molecule has 0 saturated carbocycles. The lowest BCUT2D eigenvalue weighted by Gasteiger charge is -2.28. The maximum atomic E-state index is 12.9. The van der Waals surface area contributed by atoms with Crippen LogP contribution in [-0.2, 0) is 4.74 Å². The highest BCUT2D eigenvalue weighted by atomic mass is 19.1. The van der Waals surface area contributed by atoms with Crippen LogP contribution in [0.3, 0.4) is 0 Å². The minimum atomic E-state index is -0.363. The molecule has 0 atom stereocenters. The second-order valence-corrected chi connectivity index (χ2v) is 5.69. The van der Waals surface area contributed by atoms with E-state index in [1.807, 2.05) is 24.3 Å². The fraction of sp³-hybridized carbons (Fsp3) is 0.211. The average molecular weight is 341 g/mol. The lowest BCUT2D eigenvalue weighted by Crippen LogP contribution is -2.36. The van der Waals surface area contributed by atoms with Crippen molar-refractivity contribution in [2.24, 2.45) is 10.7 Å². The summed E-state index contributed by atoms with van der Waals surface area (Å²) in [7, 11) is 0. The van der Waals surface area contributed by atoms with Crippen molar-refractivity contribution in [1.29, 1.82) is 0 Å². The smallest absolute Gasteiger partial charge is 0.127 e. The van der Waals surface area contributed by atoms with Gasteiger partial charge in [-0.05, 0) is 42.5 Å². The van der Waals surface area contributed by atoms with Gasteiger partial charge in [0.25, 0.3) is 0 Å². The summed E-state index contributed by atoms with van der Waals surface area (Å²) >= 11 is 0. The van der Waals surface area contributed by atoms with Gasteiger partial charge in [-0.2, -0.15) is 0 Å². The zero-order chi connectivity index (χ0) is 17.6. The van der Waals surface area contributed by atoms with Crippen molar-refractivity contribution >= 4 is 23.0 Å². The summed E-state index contributed by atoms with van der Waals surface area (Å²) in [5.41, 5.74) is 8.14. The maximum Gasteiger partial charge on any atom is 0.127 e. The van der Waals surface area contributed by atoms with Crippen LogP contribution in [-0.4, -0.2) is 37.2 Å². The number of morpholine rings is 1. The molecule has 0 aliphatic carbocycles. The number of benzene rings is 2. The molecule has 0 aromatic heterocycles. The van der Waals surface area contributed by atoms with E-state index in [0.717, 1.165) is 18.8 Å². The molecular weight excluding hydrogens is 321 g/mol. The molecule has 1 aliphatic rings. The number of anilines is 1. The first-order valence-corrected chi connectivity index (χ1v) is 8.05. The third-order valence-corrected chi connectivity index (χ3v) is 3.89. The van der Waals surface area contributed by atoms with Gasteiger partial charge in [0.1, 0.15) is 17.4 Å². The van der Waals surface area contributed by atoms with Gasteiger partial charge in [-0.25, -0.2) is 9.38 Å². The standard InChI is InChI=1S/C19H20FN3O2/c20-15-6-4-14(5-7-15)18(24)13-19(21)22-16-2-1-3-17(12-16)23-8-10-25-11-9-23/h1-7,12-13,24H,8-11H2,(H2,21,22)/b18-13-. The van der Waals surface area contributed by atoms with Gasteiger partial charge >= 0.3 is 0 Å². The number of aliphatic imine (C=N–C) groups is 1. The maximum absolute atomic E-state index is 12.9. The molecule has 1 fully saturated rings. The van der Waals surface area contributed by atoms with Crippen LogP contribution in [0.5, 0.6) is 0 Å². The zero-order valence-electron chi connectivity index (χ0n) is 13.7. The first-order chi connectivity index (χ1) is 12.1. The topological polar surface area (TPSA) is 71.1 Å². The monoisotopic (exact) mass is 341 g/mol. The summed E-state index contributed by atoms with van der Waals surface area (Å²) in [5, 5.41) is 10.1. The van der Waals surface area contributed by atoms with Crippen molar-refractivity contribution in [3.63, 3.8) is 0 Å². The molecule has 0 amide bonds. The van der Waals surface area contributed by atoms with Crippen molar-refractivity contribution in [3.8, 4) is 0 Å². The van der Waals surface area contributed by atoms with E-state index in [4.69, 9.17) is 10.5 Å². The van der Waals surface area contributed by atoms with Crippen LogP contribution in [0.15, 0.2) is 59.6 Å². The van der Waals surface area contributed by atoms with E-state index in [1.54, 1.807) is 0 Å². The van der Waals surface area contributed by atoms with E-state index in [-0.39, 0.29) is 17.4 Å². The average Bonchev–Trinajstić information content (AvgIpc) is 2.63. The molecule has 6 heteroatoms. The van der Waals surface area contributed by atoms with Gasteiger partial charge in [-0.3, -0.25) is 0 Å². The van der Waals surface area contributed by atoms with Crippen molar-refractivity contribution in [2.45, 2.75) is 0 Å². The molecule has 0 radical (unpaired) electrons. The lowest BCUT2D eigenvalue weighted by molar-refractivity contribution is 0.122.